The van der Waals surface area contributed by atoms with E-state index in [2.05, 4.69) is 40.3 Å². The van der Waals surface area contributed by atoms with E-state index in [1.165, 1.54) is 5.56 Å². The molecule has 1 heterocycles. The predicted molar refractivity (Wildman–Crippen MR) is 74.6 cm³/mol. The summed E-state index contributed by atoms with van der Waals surface area (Å²) in [5.74, 6) is 0.833. The Bertz CT molecular complexity index is 510. The largest absolute Gasteiger partial charge is 0.448 e. The molecule has 0 aliphatic carbocycles. The van der Waals surface area contributed by atoms with Crippen molar-refractivity contribution in [3.8, 4) is 0 Å². The maximum atomic E-state index is 5.72. The topological polar surface area (TPSA) is 25.2 Å². The lowest BCUT2D eigenvalue weighted by atomic mass is 10.1. The lowest BCUT2D eigenvalue weighted by molar-refractivity contribution is 0.520. The van der Waals surface area contributed by atoms with Crippen molar-refractivity contribution in [1.82, 2.24) is 0 Å². The van der Waals surface area contributed by atoms with Gasteiger partial charge < -0.3 is 9.73 Å². The van der Waals surface area contributed by atoms with Gasteiger partial charge in [-0.1, -0.05) is 22.9 Å². The second-order valence-corrected chi connectivity index (χ2v) is 5.00. The molecule has 0 atom stereocenters. The first kappa shape index (κ1) is 12.5. The number of nitrogens with one attached hydrogen (secondary N) is 1. The molecule has 2 aromatic rings. The maximum absolute atomic E-state index is 5.72. The Hall–Kier alpha value is -0.930. The number of halogens is 2. The molecule has 2 nitrogen and oxygen atoms in total. The molecule has 0 amide bonds. The highest BCUT2D eigenvalue weighted by Gasteiger charge is 2.03. The Morgan fingerprint density at radius 2 is 2.12 bits per heavy atom. The van der Waals surface area contributed by atoms with E-state index in [0.29, 0.717) is 11.8 Å². The van der Waals surface area contributed by atoms with Gasteiger partial charge in [-0.15, -0.1) is 0 Å². The van der Waals surface area contributed by atoms with Gasteiger partial charge in [-0.2, -0.15) is 0 Å². The van der Waals surface area contributed by atoms with Crippen LogP contribution in [0.15, 0.2) is 39.2 Å². The van der Waals surface area contributed by atoms with Crippen LogP contribution in [-0.2, 0) is 13.0 Å². The highest BCUT2D eigenvalue weighted by molar-refractivity contribution is 9.10. The minimum Gasteiger partial charge on any atom is -0.448 e. The highest BCUT2D eigenvalue weighted by Crippen LogP contribution is 2.22. The van der Waals surface area contributed by atoms with E-state index in [-0.39, 0.29) is 0 Å². The fourth-order valence-corrected chi connectivity index (χ4v) is 2.23. The normalized spacial score (nSPS) is 10.5. The van der Waals surface area contributed by atoms with Crippen LogP contribution in [0.25, 0.3) is 0 Å². The minimum atomic E-state index is 0.424. The van der Waals surface area contributed by atoms with Crippen LogP contribution in [0.5, 0.6) is 0 Å². The van der Waals surface area contributed by atoms with Crippen LogP contribution in [-0.4, -0.2) is 0 Å². The van der Waals surface area contributed by atoms with Crippen molar-refractivity contribution in [2.45, 2.75) is 19.9 Å². The summed E-state index contributed by atoms with van der Waals surface area (Å²) in [4.78, 5) is 0. The fourth-order valence-electron chi connectivity index (χ4n) is 1.66. The van der Waals surface area contributed by atoms with Gasteiger partial charge in [0, 0.05) is 10.2 Å². The summed E-state index contributed by atoms with van der Waals surface area (Å²) in [5, 5.41) is 3.77. The summed E-state index contributed by atoms with van der Waals surface area (Å²) in [6, 6.07) is 9.84. The number of hydrogen-bond donors (Lipinski definition) is 1. The van der Waals surface area contributed by atoms with Crippen molar-refractivity contribution >= 4 is 33.2 Å². The Labute approximate surface area is 114 Å². The Morgan fingerprint density at radius 1 is 1.29 bits per heavy atom. The summed E-state index contributed by atoms with van der Waals surface area (Å²) in [7, 11) is 0. The first-order chi connectivity index (χ1) is 8.19. The average molecular weight is 315 g/mol. The summed E-state index contributed by atoms with van der Waals surface area (Å²) in [6.07, 6.45) is 0.987. The van der Waals surface area contributed by atoms with Gasteiger partial charge >= 0.3 is 0 Å². The number of rotatable bonds is 4. The number of anilines is 1. The molecular weight excluding hydrogens is 302 g/mol. The third-order valence-corrected chi connectivity index (χ3v) is 3.23. The summed E-state index contributed by atoms with van der Waals surface area (Å²) in [5.41, 5.74) is 2.40. The molecule has 4 heteroatoms. The van der Waals surface area contributed by atoms with E-state index in [4.69, 9.17) is 16.0 Å². The third kappa shape index (κ3) is 3.27. The van der Waals surface area contributed by atoms with Crippen molar-refractivity contribution in [3.63, 3.8) is 0 Å². The molecule has 0 aliphatic rings. The summed E-state index contributed by atoms with van der Waals surface area (Å²) >= 11 is 9.19. The Morgan fingerprint density at radius 3 is 2.76 bits per heavy atom. The fraction of sp³-hybridized carbons (Fsp3) is 0.231. The second kappa shape index (κ2) is 5.61. The van der Waals surface area contributed by atoms with Crippen LogP contribution in [0.2, 0.25) is 5.22 Å². The molecule has 0 radical (unpaired) electrons. The SMILES string of the molecule is CCc1cc(Br)ccc1NCc1ccc(Cl)o1. The summed E-state index contributed by atoms with van der Waals surface area (Å²) in [6.45, 7) is 2.78. The molecule has 0 aliphatic heterocycles. The number of hydrogen-bond acceptors (Lipinski definition) is 2. The van der Waals surface area contributed by atoms with E-state index in [0.717, 1.165) is 22.3 Å². The number of benzene rings is 1. The monoisotopic (exact) mass is 313 g/mol. The molecule has 0 spiro atoms. The number of aryl methyl sites for hydroxylation is 1. The molecule has 0 saturated carbocycles. The molecule has 0 unspecified atom stereocenters. The van der Waals surface area contributed by atoms with Gasteiger partial charge in [-0.05, 0) is 53.9 Å². The molecule has 90 valence electrons. The van der Waals surface area contributed by atoms with Crippen LogP contribution < -0.4 is 5.32 Å². The van der Waals surface area contributed by atoms with Crippen LogP contribution in [0.1, 0.15) is 18.2 Å². The van der Waals surface area contributed by atoms with Crippen LogP contribution in [0, 0.1) is 0 Å². The Balaban J connectivity index is 2.08. The standard InChI is InChI=1S/C13H13BrClNO/c1-2-9-7-10(14)3-5-12(9)16-8-11-4-6-13(15)17-11/h3-7,16H,2,8H2,1H3. The van der Waals surface area contributed by atoms with Crippen molar-refractivity contribution in [2.75, 3.05) is 5.32 Å². The lowest BCUT2D eigenvalue weighted by Gasteiger charge is -2.10. The average Bonchev–Trinajstić information content (AvgIpc) is 2.73. The van der Waals surface area contributed by atoms with E-state index < -0.39 is 0 Å². The summed E-state index contributed by atoms with van der Waals surface area (Å²) < 4.78 is 6.39. The van der Waals surface area contributed by atoms with E-state index in [9.17, 15) is 0 Å². The van der Waals surface area contributed by atoms with Gasteiger partial charge in [0.2, 0.25) is 0 Å². The molecule has 1 aromatic heterocycles. The molecule has 0 bridgehead atoms. The van der Waals surface area contributed by atoms with Crippen LogP contribution in [0.4, 0.5) is 5.69 Å². The van der Waals surface area contributed by atoms with Gasteiger partial charge in [0.1, 0.15) is 5.76 Å². The molecular formula is C13H13BrClNO. The van der Waals surface area contributed by atoms with E-state index in [1.807, 2.05) is 12.1 Å². The van der Waals surface area contributed by atoms with Crippen molar-refractivity contribution in [3.05, 3.63) is 51.3 Å². The minimum absolute atomic E-state index is 0.424. The Kier molecular flexibility index (Phi) is 4.13. The van der Waals surface area contributed by atoms with Crippen molar-refractivity contribution in [1.29, 1.82) is 0 Å². The van der Waals surface area contributed by atoms with Gasteiger partial charge in [0.15, 0.2) is 5.22 Å². The number of furan rings is 1. The molecule has 17 heavy (non-hydrogen) atoms. The molecule has 2 rings (SSSR count). The van der Waals surface area contributed by atoms with Crippen molar-refractivity contribution in [2.24, 2.45) is 0 Å². The van der Waals surface area contributed by atoms with Gasteiger partial charge in [0.05, 0.1) is 6.54 Å². The van der Waals surface area contributed by atoms with Crippen LogP contribution in [0.3, 0.4) is 0 Å². The first-order valence-electron chi connectivity index (χ1n) is 5.45. The van der Waals surface area contributed by atoms with E-state index in [1.54, 1.807) is 6.07 Å². The maximum Gasteiger partial charge on any atom is 0.193 e. The molecule has 0 saturated heterocycles. The lowest BCUT2D eigenvalue weighted by Crippen LogP contribution is -2.01. The zero-order valence-corrected chi connectivity index (χ0v) is 11.8. The van der Waals surface area contributed by atoms with Crippen LogP contribution >= 0.6 is 27.5 Å². The van der Waals surface area contributed by atoms with Gasteiger partial charge in [0.25, 0.3) is 0 Å². The highest BCUT2D eigenvalue weighted by atomic mass is 79.9. The van der Waals surface area contributed by atoms with Gasteiger partial charge in [-0.25, -0.2) is 0 Å². The molecule has 1 aromatic carbocycles. The molecule has 0 fully saturated rings. The smallest absolute Gasteiger partial charge is 0.193 e. The first-order valence-corrected chi connectivity index (χ1v) is 6.62. The van der Waals surface area contributed by atoms with E-state index >= 15 is 0 Å². The third-order valence-electron chi connectivity index (χ3n) is 2.53. The zero-order valence-electron chi connectivity index (χ0n) is 9.47. The quantitative estimate of drug-likeness (QED) is 0.871. The van der Waals surface area contributed by atoms with Crippen molar-refractivity contribution < 1.29 is 4.42 Å². The zero-order chi connectivity index (χ0) is 12.3. The van der Waals surface area contributed by atoms with Gasteiger partial charge in [-0.3, -0.25) is 0 Å². The molecule has 1 N–H and O–H groups in total. The second-order valence-electron chi connectivity index (χ2n) is 3.71. The predicted octanol–water partition coefficient (Wildman–Crippen LogP) is 4.87.